The number of hydrazine groups is 1. The number of hydrogen-bond donors (Lipinski definition) is 2. The molecule has 1 saturated heterocycles. The summed E-state index contributed by atoms with van der Waals surface area (Å²) < 4.78 is 31.7. The molecule has 0 atom stereocenters. The Morgan fingerprint density at radius 1 is 1.11 bits per heavy atom. The normalized spacial score (nSPS) is 15.2. The van der Waals surface area contributed by atoms with Crippen molar-refractivity contribution in [2.24, 2.45) is 5.92 Å². The van der Waals surface area contributed by atoms with E-state index in [1.165, 1.54) is 4.90 Å². The highest BCUT2D eigenvalue weighted by Gasteiger charge is 2.29. The van der Waals surface area contributed by atoms with Crippen LogP contribution < -0.4 is 10.9 Å². The highest BCUT2D eigenvalue weighted by molar-refractivity contribution is 5.94. The first-order valence-electron chi connectivity index (χ1n) is 8.60. The number of piperidine rings is 1. The van der Waals surface area contributed by atoms with Crippen molar-refractivity contribution < 1.29 is 27.9 Å². The number of amides is 3. The molecule has 0 saturated carbocycles. The summed E-state index contributed by atoms with van der Waals surface area (Å²) in [5.41, 5.74) is 3.59. The van der Waals surface area contributed by atoms with Crippen LogP contribution in [0.5, 0.6) is 0 Å². The van der Waals surface area contributed by atoms with Crippen molar-refractivity contribution in [2.45, 2.75) is 39.2 Å². The number of halogens is 2. The van der Waals surface area contributed by atoms with E-state index in [1.807, 2.05) is 0 Å². The minimum Gasteiger partial charge on any atom is -0.443 e. The molecule has 148 valence electrons. The number of nitrogens with zero attached hydrogens (tertiary/aromatic N) is 1. The van der Waals surface area contributed by atoms with Gasteiger partial charge in [0.05, 0.1) is 5.56 Å². The summed E-state index contributed by atoms with van der Waals surface area (Å²) in [6, 6.07) is 2.80. The van der Waals surface area contributed by atoms with Gasteiger partial charge in [-0.2, -0.15) is 0 Å². The number of carbonyl (C=O) groups excluding carboxylic acids is 3. The quantitative estimate of drug-likeness (QED) is 0.768. The van der Waals surface area contributed by atoms with Gasteiger partial charge in [-0.1, -0.05) is 0 Å². The molecule has 9 heteroatoms. The Balaban J connectivity index is 1.83. The highest BCUT2D eigenvalue weighted by Crippen LogP contribution is 2.20. The number of likely N-dealkylation sites (tertiary alicyclic amines) is 1. The Bertz CT molecular complexity index is 726. The molecule has 1 aliphatic heterocycles. The van der Waals surface area contributed by atoms with Crippen molar-refractivity contribution in [1.82, 2.24) is 15.8 Å². The lowest BCUT2D eigenvalue weighted by Gasteiger charge is -2.31. The van der Waals surface area contributed by atoms with Crippen LogP contribution in [0.15, 0.2) is 18.2 Å². The maximum Gasteiger partial charge on any atom is 0.426 e. The third-order valence-electron chi connectivity index (χ3n) is 4.00. The zero-order valence-corrected chi connectivity index (χ0v) is 15.5. The Hall–Kier alpha value is -2.71. The van der Waals surface area contributed by atoms with Crippen molar-refractivity contribution >= 4 is 17.9 Å². The first-order valence-corrected chi connectivity index (χ1v) is 8.60. The number of nitrogens with one attached hydrogen (secondary N) is 2. The average molecular weight is 383 g/mol. The molecule has 1 aromatic rings. The van der Waals surface area contributed by atoms with Crippen molar-refractivity contribution in [1.29, 1.82) is 0 Å². The summed E-state index contributed by atoms with van der Waals surface area (Å²) in [6.07, 6.45) is -0.0532. The topological polar surface area (TPSA) is 87.7 Å². The lowest BCUT2D eigenvalue weighted by molar-refractivity contribution is -0.127. The molecule has 3 amide bonds. The van der Waals surface area contributed by atoms with Crippen LogP contribution >= 0.6 is 0 Å². The predicted molar refractivity (Wildman–Crippen MR) is 92.5 cm³/mol. The molecule has 0 radical (unpaired) electrons. The van der Waals surface area contributed by atoms with Crippen LogP contribution in [0.4, 0.5) is 13.6 Å². The summed E-state index contributed by atoms with van der Waals surface area (Å²) in [7, 11) is 0. The molecular formula is C18H23F2N3O4. The van der Waals surface area contributed by atoms with Gasteiger partial charge in [0.25, 0.3) is 5.91 Å². The molecule has 7 nitrogen and oxygen atoms in total. The predicted octanol–water partition coefficient (Wildman–Crippen LogP) is 2.37. The molecule has 1 fully saturated rings. The first-order chi connectivity index (χ1) is 12.6. The molecule has 0 aliphatic carbocycles. The Morgan fingerprint density at radius 3 is 2.30 bits per heavy atom. The highest BCUT2D eigenvalue weighted by atomic mass is 19.1. The molecule has 0 bridgehead atoms. The second kappa shape index (κ2) is 8.32. The van der Waals surface area contributed by atoms with Gasteiger partial charge in [-0.05, 0) is 45.7 Å². The zero-order chi connectivity index (χ0) is 20.2. The van der Waals surface area contributed by atoms with Crippen LogP contribution in [0.1, 0.15) is 44.0 Å². The van der Waals surface area contributed by atoms with E-state index in [0.29, 0.717) is 18.9 Å². The van der Waals surface area contributed by atoms with E-state index in [0.717, 1.165) is 12.1 Å². The van der Waals surface area contributed by atoms with E-state index in [-0.39, 0.29) is 24.6 Å². The Labute approximate surface area is 156 Å². The van der Waals surface area contributed by atoms with E-state index >= 15 is 0 Å². The molecule has 1 aliphatic rings. The van der Waals surface area contributed by atoms with E-state index in [1.54, 1.807) is 20.8 Å². The molecule has 0 unspecified atom stereocenters. The van der Waals surface area contributed by atoms with Crippen LogP contribution in [-0.4, -0.2) is 41.5 Å². The number of hydrogen-bond acceptors (Lipinski definition) is 4. The molecular weight excluding hydrogens is 360 g/mol. The Morgan fingerprint density at radius 2 is 1.74 bits per heavy atom. The fraction of sp³-hybridized carbons (Fsp3) is 0.500. The summed E-state index contributed by atoms with van der Waals surface area (Å²) >= 11 is 0. The molecule has 1 aromatic carbocycles. The van der Waals surface area contributed by atoms with Crippen molar-refractivity contribution in [2.75, 3.05) is 13.1 Å². The number of carbonyl (C=O) groups is 3. The second-order valence-electron chi connectivity index (χ2n) is 7.31. The van der Waals surface area contributed by atoms with Crippen LogP contribution in [0.3, 0.4) is 0 Å². The third kappa shape index (κ3) is 5.90. The van der Waals surface area contributed by atoms with Gasteiger partial charge in [0.1, 0.15) is 17.2 Å². The van der Waals surface area contributed by atoms with Gasteiger partial charge in [-0.25, -0.2) is 19.0 Å². The van der Waals surface area contributed by atoms with Crippen LogP contribution in [-0.2, 0) is 9.53 Å². The largest absolute Gasteiger partial charge is 0.443 e. The van der Waals surface area contributed by atoms with Gasteiger partial charge in [0, 0.05) is 25.1 Å². The molecule has 27 heavy (non-hydrogen) atoms. The number of benzene rings is 1. The smallest absolute Gasteiger partial charge is 0.426 e. The summed E-state index contributed by atoms with van der Waals surface area (Å²) in [4.78, 5) is 37.4. The lowest BCUT2D eigenvalue weighted by atomic mass is 9.95. The van der Waals surface area contributed by atoms with Crippen LogP contribution in [0.2, 0.25) is 0 Å². The zero-order valence-electron chi connectivity index (χ0n) is 15.5. The standard InChI is InChI=1S/C18H23F2N3O4/c1-18(2,3)27-17(26)22-21-15(24)11-6-8-23(9-7-11)16(25)13-5-4-12(19)10-14(13)20/h4-5,10-11H,6-9H2,1-3H3,(H,21,24)(H,22,26). The summed E-state index contributed by atoms with van der Waals surface area (Å²) in [5, 5.41) is 0. The van der Waals surface area contributed by atoms with Crippen LogP contribution in [0.25, 0.3) is 0 Å². The van der Waals surface area contributed by atoms with Crippen molar-refractivity contribution in [3.8, 4) is 0 Å². The average Bonchev–Trinajstić information content (AvgIpc) is 2.58. The number of rotatable bonds is 2. The maximum atomic E-state index is 13.8. The fourth-order valence-electron chi connectivity index (χ4n) is 2.70. The van der Waals surface area contributed by atoms with Gasteiger partial charge in [-0.15, -0.1) is 0 Å². The third-order valence-corrected chi connectivity index (χ3v) is 4.00. The van der Waals surface area contributed by atoms with Gasteiger partial charge in [0.2, 0.25) is 5.91 Å². The van der Waals surface area contributed by atoms with Gasteiger partial charge in [0.15, 0.2) is 0 Å². The van der Waals surface area contributed by atoms with E-state index < -0.39 is 35.2 Å². The van der Waals surface area contributed by atoms with Crippen molar-refractivity contribution in [3.05, 3.63) is 35.4 Å². The molecule has 1 heterocycles. The first kappa shape index (κ1) is 20.6. The van der Waals surface area contributed by atoms with Gasteiger partial charge < -0.3 is 9.64 Å². The SMILES string of the molecule is CC(C)(C)OC(=O)NNC(=O)C1CCN(C(=O)c2ccc(F)cc2F)CC1. The molecule has 2 rings (SSSR count). The second-order valence-corrected chi connectivity index (χ2v) is 7.31. The molecule has 0 aromatic heterocycles. The lowest BCUT2D eigenvalue weighted by Crippen LogP contribution is -2.49. The van der Waals surface area contributed by atoms with Gasteiger partial charge >= 0.3 is 6.09 Å². The van der Waals surface area contributed by atoms with Crippen molar-refractivity contribution in [3.63, 3.8) is 0 Å². The minimum atomic E-state index is -0.915. The monoisotopic (exact) mass is 383 g/mol. The minimum absolute atomic E-state index is 0.203. The fourth-order valence-corrected chi connectivity index (χ4v) is 2.70. The maximum absolute atomic E-state index is 13.8. The molecule has 0 spiro atoms. The summed E-state index contributed by atoms with van der Waals surface area (Å²) in [6.45, 7) is 5.60. The van der Waals surface area contributed by atoms with Gasteiger partial charge in [-0.3, -0.25) is 15.0 Å². The number of ether oxygens (including phenoxy) is 1. The van der Waals surface area contributed by atoms with Crippen LogP contribution in [0, 0.1) is 17.6 Å². The summed E-state index contributed by atoms with van der Waals surface area (Å²) in [5.74, 6) is -3.00. The van der Waals surface area contributed by atoms with E-state index in [9.17, 15) is 23.2 Å². The Kier molecular flexibility index (Phi) is 6.35. The van der Waals surface area contributed by atoms with E-state index in [4.69, 9.17) is 4.74 Å². The molecule has 2 N–H and O–H groups in total. The van der Waals surface area contributed by atoms with E-state index in [2.05, 4.69) is 10.9 Å².